The minimum absolute atomic E-state index is 0.305. The number of carbonyl (C=O) groups is 3. The van der Waals surface area contributed by atoms with Crippen molar-refractivity contribution in [2.75, 3.05) is 0 Å². The Bertz CT molecular complexity index is 1090. The number of rotatable bonds is 6. The topological polar surface area (TPSA) is 88.1 Å². The minimum atomic E-state index is -1.14. The molecule has 1 aliphatic rings. The lowest BCUT2D eigenvalue weighted by atomic mass is 9.99. The highest BCUT2D eigenvalue weighted by molar-refractivity contribution is 9.09. The number of halogens is 1. The maximum Gasteiger partial charge on any atom is 0.338 e. The van der Waals surface area contributed by atoms with Crippen LogP contribution in [-0.2, 0) is 18.9 Å². The molecule has 0 radical (unpaired) electrons. The van der Waals surface area contributed by atoms with Crippen LogP contribution in [0.5, 0.6) is 0 Å². The Morgan fingerprint density at radius 3 is 1.34 bits per heavy atom. The normalized spacial score (nSPS) is 23.7. The van der Waals surface area contributed by atoms with Crippen LogP contribution in [0, 0.1) is 0 Å². The van der Waals surface area contributed by atoms with Gasteiger partial charge in [-0.05, 0) is 43.3 Å². The van der Waals surface area contributed by atoms with Crippen molar-refractivity contribution in [2.45, 2.75) is 36.4 Å². The summed E-state index contributed by atoms with van der Waals surface area (Å²) < 4.78 is 23.2. The molecule has 0 bridgehead atoms. The molecular weight excluding hydrogens is 516 g/mol. The lowest BCUT2D eigenvalue weighted by Crippen LogP contribution is -2.59. The molecule has 3 aromatic rings. The fourth-order valence-corrected chi connectivity index (χ4v) is 4.43. The average molecular weight is 539 g/mol. The number of hydrogen-bond acceptors (Lipinski definition) is 7. The maximum atomic E-state index is 13.0. The summed E-state index contributed by atoms with van der Waals surface area (Å²) in [4.78, 5) is 38.7. The van der Waals surface area contributed by atoms with Gasteiger partial charge < -0.3 is 18.9 Å². The number of benzene rings is 3. The van der Waals surface area contributed by atoms with Crippen LogP contribution in [-0.4, -0.2) is 47.3 Å². The van der Waals surface area contributed by atoms with E-state index in [0.29, 0.717) is 16.7 Å². The summed E-state index contributed by atoms with van der Waals surface area (Å²) in [5.74, 6) is -1.90. The molecule has 0 unspecified atom stereocenters. The quantitative estimate of drug-likeness (QED) is 0.253. The van der Waals surface area contributed by atoms with Crippen molar-refractivity contribution in [3.8, 4) is 0 Å². The van der Waals surface area contributed by atoms with Gasteiger partial charge in [-0.2, -0.15) is 0 Å². The minimum Gasteiger partial charge on any atom is -0.452 e. The molecule has 3 aromatic carbocycles. The van der Waals surface area contributed by atoms with Gasteiger partial charge in [0, 0.05) is 0 Å². The maximum absolute atomic E-state index is 13.0. The highest BCUT2D eigenvalue weighted by Crippen LogP contribution is 2.32. The van der Waals surface area contributed by atoms with Crippen molar-refractivity contribution in [1.82, 2.24) is 0 Å². The number of alkyl halides is 1. The zero-order valence-electron chi connectivity index (χ0n) is 18.8. The summed E-state index contributed by atoms with van der Waals surface area (Å²) in [6, 6.07) is 25.2. The third-order valence-electron chi connectivity index (χ3n) is 5.47. The van der Waals surface area contributed by atoms with Gasteiger partial charge in [-0.1, -0.05) is 70.5 Å². The summed E-state index contributed by atoms with van der Waals surface area (Å²) in [6.07, 6.45) is -3.96. The van der Waals surface area contributed by atoms with E-state index in [0.717, 1.165) is 0 Å². The van der Waals surface area contributed by atoms with E-state index in [9.17, 15) is 14.4 Å². The van der Waals surface area contributed by atoms with E-state index < -0.39 is 47.3 Å². The predicted molar refractivity (Wildman–Crippen MR) is 130 cm³/mol. The van der Waals surface area contributed by atoms with Gasteiger partial charge in [0.1, 0.15) is 0 Å². The molecule has 4 rings (SSSR count). The standard InChI is InChI=1S/C27H23BrO7/c1-17-21(33-25(29)18-11-5-2-6-12-18)22(34-26(30)19-13-7-3-8-14-19)23(24(28)32-17)35-27(31)20-15-9-4-10-16-20/h2-17,21-24H,1H3/t17-,21+,22+,23-,24-/m0/s1. The van der Waals surface area contributed by atoms with Crippen LogP contribution in [0.3, 0.4) is 0 Å². The van der Waals surface area contributed by atoms with E-state index in [2.05, 4.69) is 15.9 Å². The van der Waals surface area contributed by atoms with Crippen LogP contribution in [0.4, 0.5) is 0 Å². The largest absolute Gasteiger partial charge is 0.452 e. The highest BCUT2D eigenvalue weighted by Gasteiger charge is 2.50. The first-order valence-electron chi connectivity index (χ1n) is 11.0. The SMILES string of the molecule is C[C@@H]1O[C@H](Br)[C@@H](OC(=O)c2ccccc2)[C@H](OC(=O)c2ccccc2)[C@@H]1OC(=O)c1ccccc1. The second kappa shape index (κ2) is 11.3. The van der Waals surface area contributed by atoms with Crippen LogP contribution >= 0.6 is 15.9 Å². The van der Waals surface area contributed by atoms with Gasteiger partial charge in [0.25, 0.3) is 0 Å². The van der Waals surface area contributed by atoms with Crippen LogP contribution in [0.1, 0.15) is 38.0 Å². The van der Waals surface area contributed by atoms with E-state index >= 15 is 0 Å². The molecule has 0 saturated carbocycles. The molecule has 0 spiro atoms. The van der Waals surface area contributed by atoms with Crippen molar-refractivity contribution in [3.63, 3.8) is 0 Å². The number of hydrogen-bond donors (Lipinski definition) is 0. The Hall–Kier alpha value is -3.49. The van der Waals surface area contributed by atoms with Crippen LogP contribution in [0.15, 0.2) is 91.0 Å². The fourth-order valence-electron chi connectivity index (χ4n) is 3.68. The number of carbonyl (C=O) groups excluding carboxylic acids is 3. The summed E-state index contributed by atoms with van der Waals surface area (Å²) >= 11 is 3.39. The molecule has 0 aliphatic carbocycles. The lowest BCUT2D eigenvalue weighted by molar-refractivity contribution is -0.193. The van der Waals surface area contributed by atoms with Gasteiger partial charge in [-0.3, -0.25) is 0 Å². The van der Waals surface area contributed by atoms with Gasteiger partial charge in [-0.25, -0.2) is 14.4 Å². The van der Waals surface area contributed by atoms with Crippen molar-refractivity contribution >= 4 is 33.8 Å². The Balaban J connectivity index is 1.63. The summed E-state index contributed by atoms with van der Waals surface area (Å²) in [6.45, 7) is 1.69. The third-order valence-corrected chi connectivity index (χ3v) is 6.21. The van der Waals surface area contributed by atoms with E-state index in [4.69, 9.17) is 18.9 Å². The molecule has 0 N–H and O–H groups in total. The molecule has 35 heavy (non-hydrogen) atoms. The first kappa shape index (κ1) is 24.6. The van der Waals surface area contributed by atoms with Gasteiger partial charge in [0.15, 0.2) is 23.3 Å². The zero-order chi connectivity index (χ0) is 24.8. The Morgan fingerprint density at radius 2 is 0.943 bits per heavy atom. The monoisotopic (exact) mass is 538 g/mol. The summed E-state index contributed by atoms with van der Waals surface area (Å²) in [5.41, 5.74) is 0.947. The lowest BCUT2D eigenvalue weighted by Gasteiger charge is -2.42. The number of ether oxygens (including phenoxy) is 4. The van der Waals surface area contributed by atoms with Gasteiger partial charge >= 0.3 is 17.9 Å². The van der Waals surface area contributed by atoms with Crippen molar-refractivity contribution in [1.29, 1.82) is 0 Å². The summed E-state index contributed by atoms with van der Waals surface area (Å²) in [7, 11) is 0. The molecule has 5 atom stereocenters. The van der Waals surface area contributed by atoms with Crippen molar-refractivity contribution < 1.29 is 33.3 Å². The molecule has 180 valence electrons. The second-order valence-electron chi connectivity index (χ2n) is 7.90. The number of esters is 3. The smallest absolute Gasteiger partial charge is 0.338 e. The van der Waals surface area contributed by atoms with Crippen LogP contribution < -0.4 is 0 Å². The van der Waals surface area contributed by atoms with E-state index in [1.807, 2.05) is 0 Å². The molecule has 0 aromatic heterocycles. The molecule has 1 fully saturated rings. The predicted octanol–water partition coefficient (Wildman–Crippen LogP) is 4.80. The molecule has 1 heterocycles. The van der Waals surface area contributed by atoms with Gasteiger partial charge in [-0.15, -0.1) is 0 Å². The fraction of sp³-hybridized carbons (Fsp3) is 0.222. The van der Waals surface area contributed by atoms with Crippen LogP contribution in [0.2, 0.25) is 0 Å². The average Bonchev–Trinajstić information content (AvgIpc) is 2.89. The molecule has 1 saturated heterocycles. The van der Waals surface area contributed by atoms with E-state index in [1.165, 1.54) is 0 Å². The summed E-state index contributed by atoms with van der Waals surface area (Å²) in [5, 5.41) is -0.814. The highest BCUT2D eigenvalue weighted by atomic mass is 79.9. The molecule has 0 amide bonds. The molecule has 1 aliphatic heterocycles. The Morgan fingerprint density at radius 1 is 0.600 bits per heavy atom. The zero-order valence-corrected chi connectivity index (χ0v) is 20.4. The third kappa shape index (κ3) is 5.96. The van der Waals surface area contributed by atoms with Crippen molar-refractivity contribution in [3.05, 3.63) is 108 Å². The van der Waals surface area contributed by atoms with Crippen molar-refractivity contribution in [2.24, 2.45) is 0 Å². The van der Waals surface area contributed by atoms with Gasteiger partial charge in [0.2, 0.25) is 0 Å². The van der Waals surface area contributed by atoms with Gasteiger partial charge in [0.05, 0.1) is 22.8 Å². The molecular formula is C27H23BrO7. The Kier molecular flexibility index (Phi) is 7.94. The molecule has 7 nitrogen and oxygen atoms in total. The van der Waals surface area contributed by atoms with Crippen LogP contribution in [0.25, 0.3) is 0 Å². The Labute approximate surface area is 211 Å². The van der Waals surface area contributed by atoms with E-state index in [1.54, 1.807) is 97.9 Å². The molecule has 8 heteroatoms. The first-order valence-corrected chi connectivity index (χ1v) is 11.9. The first-order chi connectivity index (χ1) is 16.9. The van der Waals surface area contributed by atoms with E-state index in [-0.39, 0.29) is 0 Å². The second-order valence-corrected chi connectivity index (χ2v) is 8.80.